The molecule has 0 unspecified atom stereocenters. The number of carbonyl (C=O) groups excluding carboxylic acids is 1. The molecule has 0 radical (unpaired) electrons. The number of halogens is 1. The molecule has 3 N–H and O–H groups in total. The lowest BCUT2D eigenvalue weighted by molar-refractivity contribution is -0.120. The van der Waals surface area contributed by atoms with Crippen molar-refractivity contribution in [2.24, 2.45) is 0 Å². The predicted octanol–water partition coefficient (Wildman–Crippen LogP) is 0.841. The number of rotatable bonds is 6. The summed E-state index contributed by atoms with van der Waals surface area (Å²) in [6.07, 6.45) is 0. The summed E-state index contributed by atoms with van der Waals surface area (Å²) in [4.78, 5) is 22.0. The second kappa shape index (κ2) is 6.88. The Morgan fingerprint density at radius 3 is 2.43 bits per heavy atom. The molecule has 7 nitrogen and oxygen atoms in total. The fourth-order valence-corrected chi connectivity index (χ4v) is 2.79. The second-order valence-electron chi connectivity index (χ2n) is 4.49. The van der Waals surface area contributed by atoms with Crippen LogP contribution in [0.15, 0.2) is 23.1 Å². The van der Waals surface area contributed by atoms with Crippen LogP contribution in [0.2, 0.25) is 5.02 Å². The van der Waals surface area contributed by atoms with E-state index in [1.54, 1.807) is 13.8 Å². The van der Waals surface area contributed by atoms with Crippen LogP contribution in [0.5, 0.6) is 0 Å². The molecule has 0 fully saturated rings. The van der Waals surface area contributed by atoms with Gasteiger partial charge in [0, 0.05) is 6.04 Å². The number of aromatic carboxylic acids is 1. The van der Waals surface area contributed by atoms with Crippen LogP contribution < -0.4 is 10.0 Å². The van der Waals surface area contributed by atoms with Crippen LogP contribution in [0.25, 0.3) is 0 Å². The molecule has 1 rings (SSSR count). The van der Waals surface area contributed by atoms with Gasteiger partial charge < -0.3 is 10.4 Å². The summed E-state index contributed by atoms with van der Waals surface area (Å²) in [6.45, 7) is 3.08. The third kappa shape index (κ3) is 5.00. The molecule has 0 atom stereocenters. The Hall–Kier alpha value is -1.64. The fourth-order valence-electron chi connectivity index (χ4n) is 1.45. The van der Waals surface area contributed by atoms with Crippen LogP contribution in [0.4, 0.5) is 0 Å². The van der Waals surface area contributed by atoms with Gasteiger partial charge in [0.2, 0.25) is 15.9 Å². The van der Waals surface area contributed by atoms with E-state index in [1.165, 1.54) is 0 Å². The van der Waals surface area contributed by atoms with E-state index < -0.39 is 28.4 Å². The number of nitrogens with one attached hydrogen (secondary N) is 2. The smallest absolute Gasteiger partial charge is 0.337 e. The summed E-state index contributed by atoms with van der Waals surface area (Å²) in [7, 11) is -3.94. The molecule has 0 saturated heterocycles. The van der Waals surface area contributed by atoms with E-state index >= 15 is 0 Å². The molecule has 0 aliphatic carbocycles. The standard InChI is InChI=1S/C12H15ClN2O5S/c1-7(2)15-11(16)6-14-21(19,20)8-3-4-9(12(17)18)10(13)5-8/h3-5,7,14H,6H2,1-2H3,(H,15,16)(H,17,18). The van der Waals surface area contributed by atoms with Crippen molar-refractivity contribution in [2.45, 2.75) is 24.8 Å². The van der Waals surface area contributed by atoms with E-state index in [4.69, 9.17) is 16.7 Å². The van der Waals surface area contributed by atoms with Crippen molar-refractivity contribution in [2.75, 3.05) is 6.54 Å². The van der Waals surface area contributed by atoms with Gasteiger partial charge in [-0.1, -0.05) is 11.6 Å². The first-order valence-electron chi connectivity index (χ1n) is 5.95. The number of benzene rings is 1. The molecule has 116 valence electrons. The van der Waals surface area contributed by atoms with E-state index in [0.29, 0.717) is 0 Å². The third-order valence-corrected chi connectivity index (χ3v) is 4.07. The van der Waals surface area contributed by atoms with Gasteiger partial charge in [0.15, 0.2) is 0 Å². The zero-order valence-electron chi connectivity index (χ0n) is 11.4. The van der Waals surface area contributed by atoms with Crippen LogP contribution in [0.3, 0.4) is 0 Å². The first-order valence-corrected chi connectivity index (χ1v) is 7.81. The summed E-state index contributed by atoms with van der Waals surface area (Å²) < 4.78 is 26.0. The quantitative estimate of drug-likeness (QED) is 0.713. The van der Waals surface area contributed by atoms with E-state index in [0.717, 1.165) is 18.2 Å². The van der Waals surface area contributed by atoms with Crippen molar-refractivity contribution in [3.8, 4) is 0 Å². The van der Waals surface area contributed by atoms with E-state index in [2.05, 4.69) is 10.0 Å². The predicted molar refractivity (Wildman–Crippen MR) is 76.9 cm³/mol. The van der Waals surface area contributed by atoms with Gasteiger partial charge in [0.25, 0.3) is 0 Å². The largest absolute Gasteiger partial charge is 0.478 e. The van der Waals surface area contributed by atoms with Gasteiger partial charge in [0.1, 0.15) is 0 Å². The topological polar surface area (TPSA) is 113 Å². The molecule has 1 amide bonds. The van der Waals surface area contributed by atoms with Crippen LogP contribution >= 0.6 is 11.6 Å². The lowest BCUT2D eigenvalue weighted by Crippen LogP contribution is -2.39. The Labute approximate surface area is 127 Å². The van der Waals surface area contributed by atoms with Crippen molar-refractivity contribution in [1.29, 1.82) is 0 Å². The highest BCUT2D eigenvalue weighted by Gasteiger charge is 2.18. The molecule has 0 aliphatic rings. The summed E-state index contributed by atoms with van der Waals surface area (Å²) in [6, 6.07) is 3.12. The molecule has 0 heterocycles. The molecular weight excluding hydrogens is 320 g/mol. The Morgan fingerprint density at radius 1 is 1.33 bits per heavy atom. The van der Waals surface area contributed by atoms with Gasteiger partial charge in [0.05, 0.1) is 22.0 Å². The maximum absolute atomic E-state index is 12.0. The van der Waals surface area contributed by atoms with Crippen LogP contribution in [0.1, 0.15) is 24.2 Å². The van der Waals surface area contributed by atoms with Crippen molar-refractivity contribution in [3.05, 3.63) is 28.8 Å². The van der Waals surface area contributed by atoms with Gasteiger partial charge in [-0.15, -0.1) is 0 Å². The molecule has 0 spiro atoms. The lowest BCUT2D eigenvalue weighted by atomic mass is 10.2. The Balaban J connectivity index is 2.86. The molecule has 21 heavy (non-hydrogen) atoms. The summed E-state index contributed by atoms with van der Waals surface area (Å²) in [5, 5.41) is 11.2. The zero-order chi connectivity index (χ0) is 16.2. The van der Waals surface area contributed by atoms with Crippen LogP contribution in [0, 0.1) is 0 Å². The maximum atomic E-state index is 12.0. The SMILES string of the molecule is CC(C)NC(=O)CNS(=O)(=O)c1ccc(C(=O)O)c(Cl)c1. The van der Waals surface area contributed by atoms with Crippen molar-refractivity contribution in [1.82, 2.24) is 10.0 Å². The number of carbonyl (C=O) groups is 2. The van der Waals surface area contributed by atoms with Crippen LogP contribution in [-0.4, -0.2) is 38.0 Å². The van der Waals surface area contributed by atoms with Gasteiger partial charge in [-0.2, -0.15) is 0 Å². The minimum atomic E-state index is -3.94. The molecule has 1 aromatic rings. The summed E-state index contributed by atoms with van der Waals surface area (Å²) >= 11 is 5.71. The normalized spacial score (nSPS) is 11.4. The number of sulfonamides is 1. The summed E-state index contributed by atoms with van der Waals surface area (Å²) in [5.41, 5.74) is -0.201. The Bertz CT molecular complexity index is 658. The first kappa shape index (κ1) is 17.4. The maximum Gasteiger partial charge on any atom is 0.337 e. The number of hydrogen-bond acceptors (Lipinski definition) is 4. The average Bonchev–Trinajstić information content (AvgIpc) is 2.35. The fraction of sp³-hybridized carbons (Fsp3) is 0.333. The minimum absolute atomic E-state index is 0.105. The molecule has 0 aromatic heterocycles. The van der Waals surface area contributed by atoms with E-state index in [1.807, 2.05) is 0 Å². The zero-order valence-corrected chi connectivity index (χ0v) is 13.0. The highest BCUT2D eigenvalue weighted by molar-refractivity contribution is 7.89. The molecule has 0 aliphatic heterocycles. The number of carboxylic acid groups (broad SMARTS) is 1. The monoisotopic (exact) mass is 334 g/mol. The minimum Gasteiger partial charge on any atom is -0.478 e. The number of carboxylic acids is 1. The summed E-state index contributed by atoms with van der Waals surface area (Å²) in [5.74, 6) is -1.73. The number of amides is 1. The second-order valence-corrected chi connectivity index (χ2v) is 6.67. The molecule has 0 bridgehead atoms. The highest BCUT2D eigenvalue weighted by Crippen LogP contribution is 2.20. The van der Waals surface area contributed by atoms with Crippen LogP contribution in [-0.2, 0) is 14.8 Å². The highest BCUT2D eigenvalue weighted by atomic mass is 35.5. The van der Waals surface area contributed by atoms with Crippen molar-refractivity contribution >= 4 is 33.5 Å². The van der Waals surface area contributed by atoms with Crippen molar-refractivity contribution in [3.63, 3.8) is 0 Å². The molecular formula is C12H15ClN2O5S. The van der Waals surface area contributed by atoms with E-state index in [9.17, 15) is 18.0 Å². The van der Waals surface area contributed by atoms with Gasteiger partial charge >= 0.3 is 5.97 Å². The third-order valence-electron chi connectivity index (χ3n) is 2.35. The van der Waals surface area contributed by atoms with Gasteiger partial charge in [-0.05, 0) is 32.0 Å². The number of hydrogen-bond donors (Lipinski definition) is 3. The van der Waals surface area contributed by atoms with Crippen molar-refractivity contribution < 1.29 is 23.1 Å². The average molecular weight is 335 g/mol. The Kier molecular flexibility index (Phi) is 5.70. The molecule has 9 heteroatoms. The van der Waals surface area contributed by atoms with Gasteiger partial charge in [-0.25, -0.2) is 17.9 Å². The Morgan fingerprint density at radius 2 is 1.95 bits per heavy atom. The molecule has 0 saturated carbocycles. The molecule has 1 aromatic carbocycles. The first-order chi connectivity index (χ1) is 9.63. The lowest BCUT2D eigenvalue weighted by Gasteiger charge is -2.10. The van der Waals surface area contributed by atoms with Gasteiger partial charge in [-0.3, -0.25) is 4.79 Å². The van der Waals surface area contributed by atoms with E-state index in [-0.39, 0.29) is 21.5 Å².